The zero-order valence-corrected chi connectivity index (χ0v) is 11.3. The van der Waals surface area contributed by atoms with Crippen molar-refractivity contribution in [3.05, 3.63) is 30.0 Å². The fourth-order valence-electron chi connectivity index (χ4n) is 2.41. The molecule has 3 N–H and O–H groups in total. The molecule has 0 spiro atoms. The van der Waals surface area contributed by atoms with Gasteiger partial charge in [-0.2, -0.15) is 0 Å². The number of hydrogen-bond donors (Lipinski definition) is 2. The fraction of sp³-hybridized carbons (Fsp3) is 0.357. The van der Waals surface area contributed by atoms with Crippen LogP contribution < -0.4 is 10.6 Å². The number of fused-ring (bicyclic) bond motifs is 1. The highest BCUT2D eigenvalue weighted by Crippen LogP contribution is 2.21. The van der Waals surface area contributed by atoms with E-state index in [-0.39, 0.29) is 11.9 Å². The van der Waals surface area contributed by atoms with Gasteiger partial charge in [-0.15, -0.1) is 0 Å². The highest BCUT2D eigenvalue weighted by molar-refractivity contribution is 5.83. The van der Waals surface area contributed by atoms with Crippen LogP contribution in [0.2, 0.25) is 0 Å². The van der Waals surface area contributed by atoms with Crippen LogP contribution in [0.3, 0.4) is 0 Å². The van der Waals surface area contributed by atoms with Crippen molar-refractivity contribution in [1.82, 2.24) is 9.97 Å². The maximum absolute atomic E-state index is 7.52. The molecular weight excluding hydrogens is 254 g/mol. The minimum atomic E-state index is -0.364. The van der Waals surface area contributed by atoms with Gasteiger partial charge in [0.1, 0.15) is 11.9 Å². The number of aromatic nitrogens is 2. The summed E-state index contributed by atoms with van der Waals surface area (Å²) >= 11 is 0. The molecule has 2 heterocycles. The maximum atomic E-state index is 7.52. The predicted molar refractivity (Wildman–Crippen MR) is 78.1 cm³/mol. The third-order valence-electron chi connectivity index (χ3n) is 3.43. The Balaban J connectivity index is 1.96. The third kappa shape index (κ3) is 2.30. The predicted octanol–water partition coefficient (Wildman–Crippen LogP) is 1.08. The average molecular weight is 271 g/mol. The standard InChI is InChI=1S/C14H17N5O/c1-9-14(18-11-5-3-2-4-10(11)17-9)19-6-7-20-12(8-19)13(15)16/h2-5,12H,6-8H2,1H3,(H3,15,16). The lowest BCUT2D eigenvalue weighted by atomic mass is 10.2. The highest BCUT2D eigenvalue weighted by atomic mass is 16.5. The van der Waals surface area contributed by atoms with E-state index >= 15 is 0 Å². The number of morpholine rings is 1. The van der Waals surface area contributed by atoms with Crippen LogP contribution in [0.1, 0.15) is 5.69 Å². The monoisotopic (exact) mass is 271 g/mol. The maximum Gasteiger partial charge on any atom is 0.150 e. The minimum Gasteiger partial charge on any atom is -0.385 e. The van der Waals surface area contributed by atoms with Crippen molar-refractivity contribution in [2.24, 2.45) is 5.73 Å². The van der Waals surface area contributed by atoms with E-state index in [9.17, 15) is 0 Å². The van der Waals surface area contributed by atoms with Crippen molar-refractivity contribution in [2.75, 3.05) is 24.6 Å². The number of amidine groups is 1. The number of nitrogens with one attached hydrogen (secondary N) is 1. The summed E-state index contributed by atoms with van der Waals surface area (Å²) in [7, 11) is 0. The molecule has 6 heteroatoms. The quantitative estimate of drug-likeness (QED) is 0.630. The Bertz CT molecular complexity index is 657. The van der Waals surface area contributed by atoms with E-state index in [4.69, 9.17) is 15.9 Å². The number of aryl methyl sites for hydroxylation is 1. The van der Waals surface area contributed by atoms with Gasteiger partial charge in [-0.1, -0.05) is 12.1 Å². The van der Waals surface area contributed by atoms with E-state index in [1.54, 1.807) is 0 Å². The first-order valence-corrected chi connectivity index (χ1v) is 6.59. The van der Waals surface area contributed by atoms with Crippen molar-refractivity contribution < 1.29 is 4.74 Å². The molecular formula is C14H17N5O. The van der Waals surface area contributed by atoms with Gasteiger partial charge in [-0.3, -0.25) is 5.41 Å². The average Bonchev–Trinajstić information content (AvgIpc) is 2.46. The summed E-state index contributed by atoms with van der Waals surface area (Å²) in [5.41, 5.74) is 8.18. The van der Waals surface area contributed by atoms with Gasteiger partial charge in [0, 0.05) is 6.54 Å². The lowest BCUT2D eigenvalue weighted by molar-refractivity contribution is 0.0823. The molecule has 20 heavy (non-hydrogen) atoms. The Morgan fingerprint density at radius 2 is 2.05 bits per heavy atom. The summed E-state index contributed by atoms with van der Waals surface area (Å²) in [6.07, 6.45) is -0.364. The topological polar surface area (TPSA) is 88.1 Å². The third-order valence-corrected chi connectivity index (χ3v) is 3.43. The van der Waals surface area contributed by atoms with Gasteiger partial charge >= 0.3 is 0 Å². The Kier molecular flexibility index (Phi) is 3.23. The molecule has 1 aromatic carbocycles. The number of benzene rings is 1. The zero-order valence-electron chi connectivity index (χ0n) is 11.3. The molecule has 1 atom stereocenters. The molecule has 1 unspecified atom stereocenters. The van der Waals surface area contributed by atoms with E-state index < -0.39 is 0 Å². The highest BCUT2D eigenvalue weighted by Gasteiger charge is 2.25. The summed E-state index contributed by atoms with van der Waals surface area (Å²) in [5, 5.41) is 7.52. The zero-order chi connectivity index (χ0) is 14.1. The molecule has 1 saturated heterocycles. The number of rotatable bonds is 2. The molecule has 1 aromatic heterocycles. The first kappa shape index (κ1) is 12.8. The summed E-state index contributed by atoms with van der Waals surface area (Å²) in [4.78, 5) is 11.4. The molecule has 104 valence electrons. The second kappa shape index (κ2) is 5.05. The molecule has 0 aliphatic carbocycles. The Hall–Kier alpha value is -2.21. The van der Waals surface area contributed by atoms with E-state index in [1.165, 1.54) is 0 Å². The number of para-hydroxylation sites is 2. The summed E-state index contributed by atoms with van der Waals surface area (Å²) in [5.74, 6) is 0.902. The lowest BCUT2D eigenvalue weighted by Gasteiger charge is -2.33. The molecule has 6 nitrogen and oxygen atoms in total. The largest absolute Gasteiger partial charge is 0.385 e. The molecule has 0 radical (unpaired) electrons. The lowest BCUT2D eigenvalue weighted by Crippen LogP contribution is -2.48. The van der Waals surface area contributed by atoms with Gasteiger partial charge < -0.3 is 15.4 Å². The van der Waals surface area contributed by atoms with Crippen LogP contribution in [-0.2, 0) is 4.74 Å². The number of nitrogens with zero attached hydrogens (tertiary/aromatic N) is 3. The molecule has 2 aromatic rings. The Morgan fingerprint density at radius 1 is 1.35 bits per heavy atom. The van der Waals surface area contributed by atoms with Crippen LogP contribution in [0, 0.1) is 12.3 Å². The van der Waals surface area contributed by atoms with Gasteiger partial charge in [-0.05, 0) is 19.1 Å². The first-order chi connectivity index (χ1) is 9.65. The van der Waals surface area contributed by atoms with Crippen molar-refractivity contribution in [3.63, 3.8) is 0 Å². The number of nitrogens with two attached hydrogens (primary N) is 1. The number of hydrogen-bond acceptors (Lipinski definition) is 5. The van der Waals surface area contributed by atoms with E-state index in [1.807, 2.05) is 31.2 Å². The molecule has 1 fully saturated rings. The fourth-order valence-corrected chi connectivity index (χ4v) is 2.41. The molecule has 0 saturated carbocycles. The van der Waals surface area contributed by atoms with E-state index in [0.717, 1.165) is 29.1 Å². The van der Waals surface area contributed by atoms with E-state index in [2.05, 4.69) is 14.9 Å². The minimum absolute atomic E-state index is 0.0566. The van der Waals surface area contributed by atoms with Crippen molar-refractivity contribution in [2.45, 2.75) is 13.0 Å². The normalized spacial score (nSPS) is 19.2. The first-order valence-electron chi connectivity index (χ1n) is 6.59. The van der Waals surface area contributed by atoms with Crippen LogP contribution in [0.15, 0.2) is 24.3 Å². The van der Waals surface area contributed by atoms with Gasteiger partial charge in [0.05, 0.1) is 29.9 Å². The second-order valence-corrected chi connectivity index (χ2v) is 4.88. The molecule has 1 aliphatic rings. The van der Waals surface area contributed by atoms with Crippen LogP contribution in [0.5, 0.6) is 0 Å². The van der Waals surface area contributed by atoms with Gasteiger partial charge in [0.15, 0.2) is 5.82 Å². The number of anilines is 1. The van der Waals surface area contributed by atoms with Crippen LogP contribution in [0.4, 0.5) is 5.82 Å². The van der Waals surface area contributed by atoms with Crippen molar-refractivity contribution >= 4 is 22.7 Å². The Labute approximate surface area is 117 Å². The number of ether oxygens (including phenoxy) is 1. The van der Waals surface area contributed by atoms with Crippen molar-refractivity contribution in [3.8, 4) is 0 Å². The van der Waals surface area contributed by atoms with Crippen molar-refractivity contribution in [1.29, 1.82) is 5.41 Å². The van der Waals surface area contributed by atoms with E-state index in [0.29, 0.717) is 13.2 Å². The SMILES string of the molecule is Cc1nc2ccccc2nc1N1CCOC(C(=N)N)C1. The van der Waals surface area contributed by atoms with Gasteiger partial charge in [0.2, 0.25) is 0 Å². The summed E-state index contributed by atoms with van der Waals surface area (Å²) in [6, 6.07) is 7.81. The molecule has 1 aliphatic heterocycles. The smallest absolute Gasteiger partial charge is 0.150 e. The second-order valence-electron chi connectivity index (χ2n) is 4.88. The van der Waals surface area contributed by atoms with Crippen LogP contribution in [-0.4, -0.2) is 41.6 Å². The Morgan fingerprint density at radius 3 is 2.75 bits per heavy atom. The summed E-state index contributed by atoms with van der Waals surface area (Å²) < 4.78 is 5.48. The van der Waals surface area contributed by atoms with Crippen LogP contribution in [0.25, 0.3) is 11.0 Å². The molecule has 3 rings (SSSR count). The van der Waals surface area contributed by atoms with Gasteiger partial charge in [-0.25, -0.2) is 9.97 Å². The summed E-state index contributed by atoms with van der Waals surface area (Å²) in [6.45, 7) is 3.77. The molecule has 0 amide bonds. The van der Waals surface area contributed by atoms with Gasteiger partial charge in [0.25, 0.3) is 0 Å². The molecule has 0 bridgehead atoms. The van der Waals surface area contributed by atoms with Crippen LogP contribution >= 0.6 is 0 Å².